The first-order valence-electron chi connectivity index (χ1n) is 7.40. The SMILES string of the molecule is CCCNC(c1cccc(OC(C)C)c1)c1snnc1C. The van der Waals surface area contributed by atoms with E-state index in [0.717, 1.165) is 24.4 Å². The van der Waals surface area contributed by atoms with Crippen molar-refractivity contribution in [1.82, 2.24) is 14.9 Å². The highest BCUT2D eigenvalue weighted by Gasteiger charge is 2.19. The van der Waals surface area contributed by atoms with Gasteiger partial charge in [0.25, 0.3) is 0 Å². The van der Waals surface area contributed by atoms with Crippen molar-refractivity contribution in [3.63, 3.8) is 0 Å². The Labute approximate surface area is 130 Å². The molecule has 0 aliphatic heterocycles. The van der Waals surface area contributed by atoms with E-state index in [9.17, 15) is 0 Å². The zero-order valence-electron chi connectivity index (χ0n) is 13.1. The van der Waals surface area contributed by atoms with Crippen LogP contribution in [-0.2, 0) is 0 Å². The molecule has 1 N–H and O–H groups in total. The molecule has 1 heterocycles. The molecule has 0 saturated carbocycles. The summed E-state index contributed by atoms with van der Waals surface area (Å²) in [4.78, 5) is 1.17. The molecule has 0 amide bonds. The van der Waals surface area contributed by atoms with Gasteiger partial charge in [-0.2, -0.15) is 0 Å². The molecule has 4 nitrogen and oxygen atoms in total. The Morgan fingerprint density at radius 1 is 1.33 bits per heavy atom. The molecule has 1 unspecified atom stereocenters. The summed E-state index contributed by atoms with van der Waals surface area (Å²) in [6.07, 6.45) is 1.26. The molecule has 1 atom stereocenters. The average molecular weight is 305 g/mol. The Balaban J connectivity index is 2.30. The van der Waals surface area contributed by atoms with Gasteiger partial charge in [-0.3, -0.25) is 0 Å². The number of benzene rings is 1. The lowest BCUT2D eigenvalue weighted by Gasteiger charge is -2.19. The van der Waals surface area contributed by atoms with Crippen molar-refractivity contribution in [2.75, 3.05) is 6.54 Å². The summed E-state index contributed by atoms with van der Waals surface area (Å²) in [5.41, 5.74) is 2.18. The third kappa shape index (κ3) is 4.25. The van der Waals surface area contributed by atoms with E-state index >= 15 is 0 Å². The van der Waals surface area contributed by atoms with Gasteiger partial charge < -0.3 is 10.1 Å². The van der Waals surface area contributed by atoms with Crippen LogP contribution in [0.4, 0.5) is 0 Å². The van der Waals surface area contributed by atoms with Gasteiger partial charge in [-0.25, -0.2) is 0 Å². The maximum absolute atomic E-state index is 5.80. The molecule has 0 bridgehead atoms. The minimum Gasteiger partial charge on any atom is -0.491 e. The van der Waals surface area contributed by atoms with E-state index in [-0.39, 0.29) is 12.1 Å². The Bertz CT molecular complexity index is 568. The van der Waals surface area contributed by atoms with E-state index in [1.165, 1.54) is 22.0 Å². The number of aromatic nitrogens is 2. The van der Waals surface area contributed by atoms with E-state index in [0.29, 0.717) is 0 Å². The first-order chi connectivity index (χ1) is 10.1. The fraction of sp³-hybridized carbons (Fsp3) is 0.500. The molecule has 1 aromatic heterocycles. The van der Waals surface area contributed by atoms with E-state index in [1.807, 2.05) is 32.9 Å². The average Bonchev–Trinajstić information content (AvgIpc) is 2.85. The van der Waals surface area contributed by atoms with Crippen LogP contribution in [0.15, 0.2) is 24.3 Å². The third-order valence-electron chi connectivity index (χ3n) is 3.11. The largest absolute Gasteiger partial charge is 0.491 e. The Kier molecular flexibility index (Phi) is 5.70. The third-order valence-corrected chi connectivity index (χ3v) is 4.00. The topological polar surface area (TPSA) is 47.0 Å². The summed E-state index contributed by atoms with van der Waals surface area (Å²) in [5, 5.41) is 7.72. The number of nitrogens with one attached hydrogen (secondary N) is 1. The summed E-state index contributed by atoms with van der Waals surface area (Å²) in [6, 6.07) is 8.39. The number of ether oxygens (including phenoxy) is 1. The molecule has 2 aromatic rings. The number of hydrogen-bond donors (Lipinski definition) is 1. The normalized spacial score (nSPS) is 12.6. The molecule has 0 saturated heterocycles. The van der Waals surface area contributed by atoms with Crippen LogP contribution in [0.2, 0.25) is 0 Å². The van der Waals surface area contributed by atoms with Gasteiger partial charge in [-0.1, -0.05) is 23.5 Å². The van der Waals surface area contributed by atoms with E-state index in [2.05, 4.69) is 34.0 Å². The number of hydrogen-bond acceptors (Lipinski definition) is 5. The van der Waals surface area contributed by atoms with Crippen LogP contribution in [0, 0.1) is 6.92 Å². The Morgan fingerprint density at radius 3 is 2.76 bits per heavy atom. The lowest BCUT2D eigenvalue weighted by Crippen LogP contribution is -2.23. The number of nitrogens with zero attached hydrogens (tertiary/aromatic N) is 2. The predicted molar refractivity (Wildman–Crippen MR) is 87.0 cm³/mol. The number of aryl methyl sites for hydroxylation is 1. The second-order valence-electron chi connectivity index (χ2n) is 5.35. The van der Waals surface area contributed by atoms with Gasteiger partial charge in [0, 0.05) is 0 Å². The van der Waals surface area contributed by atoms with Crippen molar-refractivity contribution in [3.8, 4) is 5.75 Å². The van der Waals surface area contributed by atoms with Crippen molar-refractivity contribution in [2.24, 2.45) is 0 Å². The molecule has 2 rings (SSSR count). The molecule has 0 spiro atoms. The van der Waals surface area contributed by atoms with E-state index < -0.39 is 0 Å². The predicted octanol–water partition coefficient (Wildman–Crippen LogP) is 3.72. The van der Waals surface area contributed by atoms with Crippen LogP contribution >= 0.6 is 11.5 Å². The van der Waals surface area contributed by atoms with E-state index in [1.54, 1.807) is 0 Å². The zero-order chi connectivity index (χ0) is 15.2. The van der Waals surface area contributed by atoms with E-state index in [4.69, 9.17) is 4.74 Å². The van der Waals surface area contributed by atoms with Crippen LogP contribution in [-0.4, -0.2) is 22.2 Å². The standard InChI is InChI=1S/C16H23N3OS/c1-5-9-17-15(16-12(4)18-19-21-16)13-7-6-8-14(10-13)20-11(2)3/h6-8,10-11,15,17H,5,9H2,1-4H3. The number of rotatable bonds is 7. The Hall–Kier alpha value is -1.46. The fourth-order valence-electron chi connectivity index (χ4n) is 2.19. The highest BCUT2D eigenvalue weighted by Crippen LogP contribution is 2.29. The summed E-state index contributed by atoms with van der Waals surface area (Å²) in [7, 11) is 0. The zero-order valence-corrected chi connectivity index (χ0v) is 13.9. The molecule has 0 radical (unpaired) electrons. The van der Waals surface area contributed by atoms with Gasteiger partial charge in [0.05, 0.1) is 22.7 Å². The van der Waals surface area contributed by atoms with Crippen LogP contribution in [0.5, 0.6) is 5.75 Å². The van der Waals surface area contributed by atoms with Crippen molar-refractivity contribution >= 4 is 11.5 Å². The second-order valence-corrected chi connectivity index (χ2v) is 6.13. The highest BCUT2D eigenvalue weighted by molar-refractivity contribution is 7.05. The molecule has 5 heteroatoms. The molecular weight excluding hydrogens is 282 g/mol. The molecule has 0 aliphatic rings. The van der Waals surface area contributed by atoms with Crippen LogP contribution in [0.3, 0.4) is 0 Å². The van der Waals surface area contributed by atoms with Gasteiger partial charge in [0.2, 0.25) is 0 Å². The molecule has 1 aromatic carbocycles. The molecular formula is C16H23N3OS. The maximum Gasteiger partial charge on any atom is 0.120 e. The van der Waals surface area contributed by atoms with Gasteiger partial charge in [-0.05, 0) is 63.0 Å². The first-order valence-corrected chi connectivity index (χ1v) is 8.18. The quantitative estimate of drug-likeness (QED) is 0.847. The molecule has 21 heavy (non-hydrogen) atoms. The monoisotopic (exact) mass is 305 g/mol. The van der Waals surface area contributed by atoms with Gasteiger partial charge in [-0.15, -0.1) is 5.10 Å². The second kappa shape index (κ2) is 7.52. The minimum absolute atomic E-state index is 0.126. The lowest BCUT2D eigenvalue weighted by molar-refractivity contribution is 0.242. The molecule has 114 valence electrons. The maximum atomic E-state index is 5.80. The van der Waals surface area contributed by atoms with Gasteiger partial charge in [0.15, 0.2) is 0 Å². The van der Waals surface area contributed by atoms with Crippen molar-refractivity contribution in [2.45, 2.75) is 46.3 Å². The van der Waals surface area contributed by atoms with Crippen molar-refractivity contribution < 1.29 is 4.74 Å². The minimum atomic E-state index is 0.126. The lowest BCUT2D eigenvalue weighted by atomic mass is 10.0. The molecule has 0 fully saturated rings. The van der Waals surface area contributed by atoms with Crippen molar-refractivity contribution in [1.29, 1.82) is 0 Å². The van der Waals surface area contributed by atoms with Crippen LogP contribution in [0.1, 0.15) is 49.4 Å². The first kappa shape index (κ1) is 15.9. The summed E-state index contributed by atoms with van der Waals surface area (Å²) in [5.74, 6) is 0.904. The van der Waals surface area contributed by atoms with Gasteiger partial charge in [0.1, 0.15) is 5.75 Å². The summed E-state index contributed by atoms with van der Waals surface area (Å²) < 4.78 is 9.87. The molecule has 0 aliphatic carbocycles. The smallest absolute Gasteiger partial charge is 0.120 e. The van der Waals surface area contributed by atoms with Crippen LogP contribution < -0.4 is 10.1 Å². The van der Waals surface area contributed by atoms with Gasteiger partial charge >= 0.3 is 0 Å². The summed E-state index contributed by atoms with van der Waals surface area (Å²) >= 11 is 1.46. The fourth-order valence-corrected chi connectivity index (χ4v) is 2.94. The summed E-state index contributed by atoms with van der Waals surface area (Å²) in [6.45, 7) is 9.21. The highest BCUT2D eigenvalue weighted by atomic mass is 32.1. The van der Waals surface area contributed by atoms with Crippen molar-refractivity contribution in [3.05, 3.63) is 40.4 Å². The Morgan fingerprint density at radius 2 is 2.14 bits per heavy atom. The van der Waals surface area contributed by atoms with Crippen LogP contribution in [0.25, 0.3) is 0 Å².